The highest BCUT2D eigenvalue weighted by molar-refractivity contribution is 6.32. The van der Waals surface area contributed by atoms with Gasteiger partial charge in [-0.05, 0) is 31.4 Å². The van der Waals surface area contributed by atoms with Gasteiger partial charge in [0.05, 0.1) is 10.6 Å². The second-order valence-electron chi connectivity index (χ2n) is 4.17. The van der Waals surface area contributed by atoms with Crippen LogP contribution in [0.5, 0.6) is 5.75 Å². The Morgan fingerprint density at radius 3 is 3.00 bits per heavy atom. The summed E-state index contributed by atoms with van der Waals surface area (Å²) in [6.07, 6.45) is 2.58. The minimum Gasteiger partial charge on any atom is -0.478 e. The molecule has 18 heavy (non-hydrogen) atoms. The number of rotatable bonds is 3. The third kappa shape index (κ3) is 2.82. The fourth-order valence-electron chi connectivity index (χ4n) is 1.91. The number of halogens is 1. The predicted octanol–water partition coefficient (Wildman–Crippen LogP) is 2.20. The number of aldehydes is 1. The molecule has 5 heteroatoms. The molecule has 1 atom stereocenters. The molecule has 0 bridgehead atoms. The number of para-hydroxylation sites is 1. The molecule has 0 radical (unpaired) electrons. The Kier molecular flexibility index (Phi) is 4.20. The van der Waals surface area contributed by atoms with E-state index >= 15 is 0 Å². The summed E-state index contributed by atoms with van der Waals surface area (Å²) in [6.45, 7) is 0.668. The SMILES string of the molecule is O=Cc1cccc(Cl)c1OC1CCCCNC1=O. The summed E-state index contributed by atoms with van der Waals surface area (Å²) in [5.41, 5.74) is 0.361. The molecule has 0 spiro atoms. The molecule has 1 aliphatic rings. The summed E-state index contributed by atoms with van der Waals surface area (Å²) in [5.74, 6) is 0.139. The monoisotopic (exact) mass is 267 g/mol. The molecule has 2 rings (SSSR count). The van der Waals surface area contributed by atoms with Crippen molar-refractivity contribution in [1.82, 2.24) is 5.32 Å². The second-order valence-corrected chi connectivity index (χ2v) is 4.58. The molecule has 1 aromatic rings. The van der Waals surface area contributed by atoms with Crippen molar-refractivity contribution >= 4 is 23.8 Å². The Labute approximate surface area is 110 Å². The van der Waals surface area contributed by atoms with Crippen molar-refractivity contribution in [3.63, 3.8) is 0 Å². The molecule has 1 saturated heterocycles. The summed E-state index contributed by atoms with van der Waals surface area (Å²) >= 11 is 6.00. The van der Waals surface area contributed by atoms with Crippen molar-refractivity contribution in [1.29, 1.82) is 0 Å². The molecule has 0 saturated carbocycles. The summed E-state index contributed by atoms with van der Waals surface area (Å²) in [4.78, 5) is 22.7. The molecule has 96 valence electrons. The van der Waals surface area contributed by atoms with E-state index in [1.165, 1.54) is 0 Å². The molecule has 1 unspecified atom stereocenters. The van der Waals surface area contributed by atoms with Crippen LogP contribution < -0.4 is 10.1 Å². The van der Waals surface area contributed by atoms with Crippen LogP contribution in [0.4, 0.5) is 0 Å². The van der Waals surface area contributed by atoms with Gasteiger partial charge in [-0.1, -0.05) is 17.7 Å². The van der Waals surface area contributed by atoms with E-state index in [1.807, 2.05) is 0 Å². The van der Waals surface area contributed by atoms with Crippen molar-refractivity contribution in [2.45, 2.75) is 25.4 Å². The summed E-state index contributed by atoms with van der Waals surface area (Å²) in [7, 11) is 0. The Bertz CT molecular complexity index is 462. The quantitative estimate of drug-likeness (QED) is 0.854. The van der Waals surface area contributed by atoms with Gasteiger partial charge >= 0.3 is 0 Å². The van der Waals surface area contributed by atoms with Gasteiger partial charge in [-0.3, -0.25) is 9.59 Å². The van der Waals surface area contributed by atoms with E-state index in [0.29, 0.717) is 29.8 Å². The molecule has 1 N–H and O–H groups in total. The van der Waals surface area contributed by atoms with Crippen LogP contribution in [0.25, 0.3) is 0 Å². The fourth-order valence-corrected chi connectivity index (χ4v) is 2.14. The lowest BCUT2D eigenvalue weighted by molar-refractivity contribution is -0.127. The van der Waals surface area contributed by atoms with E-state index < -0.39 is 6.10 Å². The first-order chi connectivity index (χ1) is 8.72. The summed E-state index contributed by atoms with van der Waals surface area (Å²) in [6, 6.07) is 4.92. The van der Waals surface area contributed by atoms with Gasteiger partial charge in [0.1, 0.15) is 5.75 Å². The van der Waals surface area contributed by atoms with Gasteiger partial charge in [0, 0.05) is 6.54 Å². The Hall–Kier alpha value is -1.55. The molecular formula is C13H14ClNO3. The highest BCUT2D eigenvalue weighted by Crippen LogP contribution is 2.29. The topological polar surface area (TPSA) is 55.4 Å². The first-order valence-electron chi connectivity index (χ1n) is 5.90. The zero-order valence-electron chi connectivity index (χ0n) is 9.82. The number of hydrogen-bond acceptors (Lipinski definition) is 3. The number of nitrogens with one attached hydrogen (secondary N) is 1. The minimum absolute atomic E-state index is 0.149. The molecular weight excluding hydrogens is 254 g/mol. The Balaban J connectivity index is 2.22. The number of carbonyl (C=O) groups is 2. The Morgan fingerprint density at radius 2 is 2.22 bits per heavy atom. The van der Waals surface area contributed by atoms with Gasteiger partial charge in [-0.25, -0.2) is 0 Å². The van der Waals surface area contributed by atoms with Crippen LogP contribution in [-0.2, 0) is 4.79 Å². The minimum atomic E-state index is -0.578. The third-order valence-electron chi connectivity index (χ3n) is 2.87. The van der Waals surface area contributed by atoms with Crippen LogP contribution in [0.3, 0.4) is 0 Å². The first kappa shape index (κ1) is 12.9. The van der Waals surface area contributed by atoms with Gasteiger partial charge < -0.3 is 10.1 Å². The van der Waals surface area contributed by atoms with E-state index in [2.05, 4.69) is 5.32 Å². The van der Waals surface area contributed by atoms with Gasteiger partial charge in [-0.15, -0.1) is 0 Å². The van der Waals surface area contributed by atoms with E-state index in [9.17, 15) is 9.59 Å². The maximum absolute atomic E-state index is 11.8. The van der Waals surface area contributed by atoms with Crippen LogP contribution in [0.2, 0.25) is 5.02 Å². The number of benzene rings is 1. The Morgan fingerprint density at radius 1 is 1.39 bits per heavy atom. The van der Waals surface area contributed by atoms with Gasteiger partial charge in [0.2, 0.25) is 0 Å². The third-order valence-corrected chi connectivity index (χ3v) is 3.17. The lowest BCUT2D eigenvalue weighted by Crippen LogP contribution is -2.36. The number of carbonyl (C=O) groups excluding carboxylic acids is 2. The van der Waals surface area contributed by atoms with E-state index in [0.717, 1.165) is 12.8 Å². The fraction of sp³-hybridized carbons (Fsp3) is 0.385. The summed E-state index contributed by atoms with van der Waals surface area (Å²) in [5, 5.41) is 3.12. The normalized spacial score (nSPS) is 19.8. The number of ether oxygens (including phenoxy) is 1. The molecule has 1 amide bonds. The molecule has 1 aliphatic heterocycles. The zero-order valence-corrected chi connectivity index (χ0v) is 10.6. The summed E-state index contributed by atoms with van der Waals surface area (Å²) < 4.78 is 5.63. The van der Waals surface area contributed by atoms with Crippen LogP contribution in [-0.4, -0.2) is 24.8 Å². The maximum atomic E-state index is 11.8. The standard InChI is InChI=1S/C13H14ClNO3/c14-10-5-3-4-9(8-16)12(10)18-11-6-1-2-7-15-13(11)17/h3-5,8,11H,1-2,6-7H2,(H,15,17). The molecule has 4 nitrogen and oxygen atoms in total. The predicted molar refractivity (Wildman–Crippen MR) is 68.1 cm³/mol. The number of hydrogen-bond donors (Lipinski definition) is 1. The average Bonchev–Trinajstić information content (AvgIpc) is 2.57. The highest BCUT2D eigenvalue weighted by Gasteiger charge is 2.24. The average molecular weight is 268 g/mol. The number of amides is 1. The molecule has 0 aromatic heterocycles. The van der Waals surface area contributed by atoms with Crippen molar-refractivity contribution in [3.8, 4) is 5.75 Å². The molecule has 0 aliphatic carbocycles. The maximum Gasteiger partial charge on any atom is 0.261 e. The van der Waals surface area contributed by atoms with E-state index in [1.54, 1.807) is 18.2 Å². The van der Waals surface area contributed by atoms with Crippen LogP contribution in [0.15, 0.2) is 18.2 Å². The van der Waals surface area contributed by atoms with Gasteiger partial charge in [0.25, 0.3) is 5.91 Å². The van der Waals surface area contributed by atoms with E-state index in [-0.39, 0.29) is 11.7 Å². The van der Waals surface area contributed by atoms with Crippen LogP contribution in [0, 0.1) is 0 Å². The zero-order chi connectivity index (χ0) is 13.0. The van der Waals surface area contributed by atoms with Gasteiger partial charge in [0.15, 0.2) is 12.4 Å². The van der Waals surface area contributed by atoms with Crippen molar-refractivity contribution in [2.75, 3.05) is 6.54 Å². The van der Waals surface area contributed by atoms with Crippen molar-refractivity contribution < 1.29 is 14.3 Å². The molecule has 1 fully saturated rings. The van der Waals surface area contributed by atoms with Crippen LogP contribution in [0.1, 0.15) is 29.6 Å². The molecule has 1 aromatic carbocycles. The smallest absolute Gasteiger partial charge is 0.261 e. The van der Waals surface area contributed by atoms with Gasteiger partial charge in [-0.2, -0.15) is 0 Å². The highest BCUT2D eigenvalue weighted by atomic mass is 35.5. The largest absolute Gasteiger partial charge is 0.478 e. The first-order valence-corrected chi connectivity index (χ1v) is 6.28. The van der Waals surface area contributed by atoms with Crippen LogP contribution >= 0.6 is 11.6 Å². The second kappa shape index (κ2) is 5.87. The molecule has 1 heterocycles. The van der Waals surface area contributed by atoms with E-state index in [4.69, 9.17) is 16.3 Å². The lowest BCUT2D eigenvalue weighted by atomic mass is 10.1. The van der Waals surface area contributed by atoms with Crippen molar-refractivity contribution in [2.24, 2.45) is 0 Å². The van der Waals surface area contributed by atoms with Crippen molar-refractivity contribution in [3.05, 3.63) is 28.8 Å². The lowest BCUT2D eigenvalue weighted by Gasteiger charge is -2.17.